The van der Waals surface area contributed by atoms with Crippen LogP contribution in [0.1, 0.15) is 18.2 Å². The van der Waals surface area contributed by atoms with Crippen LogP contribution in [-0.2, 0) is 6.54 Å². The number of nitrogens with zero attached hydrogens (tertiary/aromatic N) is 2. The van der Waals surface area contributed by atoms with Crippen molar-refractivity contribution < 1.29 is 10.3 Å². The summed E-state index contributed by atoms with van der Waals surface area (Å²) in [5, 5.41) is 23.5. The van der Waals surface area contributed by atoms with E-state index in [1.54, 1.807) is 12.3 Å². The van der Waals surface area contributed by atoms with E-state index in [1.165, 1.54) is 0 Å². The largest absolute Gasteiger partial charge is 0.409 e. The van der Waals surface area contributed by atoms with Gasteiger partial charge < -0.3 is 21.4 Å². The highest BCUT2D eigenvalue weighted by Crippen LogP contribution is 2.02. The topological polar surface area (TPSA) is 104 Å². The van der Waals surface area contributed by atoms with E-state index in [2.05, 4.69) is 15.5 Å². The zero-order chi connectivity index (χ0) is 12.7. The molecule has 17 heavy (non-hydrogen) atoms. The van der Waals surface area contributed by atoms with Gasteiger partial charge in [0.2, 0.25) is 0 Å². The Morgan fingerprint density at radius 1 is 1.65 bits per heavy atom. The monoisotopic (exact) mass is 238 g/mol. The van der Waals surface area contributed by atoms with Crippen LogP contribution >= 0.6 is 0 Å². The van der Waals surface area contributed by atoms with Crippen molar-refractivity contribution >= 4 is 5.84 Å². The Morgan fingerprint density at radius 3 is 3.06 bits per heavy atom. The molecular formula is C11H18N4O2. The molecule has 1 aromatic rings. The van der Waals surface area contributed by atoms with Crippen molar-refractivity contribution in [2.75, 3.05) is 13.2 Å². The maximum atomic E-state index is 8.87. The van der Waals surface area contributed by atoms with E-state index in [9.17, 15) is 0 Å². The molecule has 94 valence electrons. The van der Waals surface area contributed by atoms with E-state index < -0.39 is 0 Å². The summed E-state index contributed by atoms with van der Waals surface area (Å²) >= 11 is 0. The lowest BCUT2D eigenvalue weighted by molar-refractivity contribution is 0.233. The van der Waals surface area contributed by atoms with Gasteiger partial charge in [-0.3, -0.25) is 4.98 Å². The third kappa shape index (κ3) is 4.38. The fourth-order valence-corrected chi connectivity index (χ4v) is 1.30. The van der Waals surface area contributed by atoms with Crippen molar-refractivity contribution in [1.29, 1.82) is 0 Å². The van der Waals surface area contributed by atoms with Gasteiger partial charge in [0.25, 0.3) is 0 Å². The standard InChI is InChI=1S/C11H18N4O2/c1-8(7-16)5-13-6-9-2-3-14-10(4-9)11(12)15-17/h2-4,8,13,16-17H,5-7H2,1H3,(H2,12,15). The van der Waals surface area contributed by atoms with Crippen molar-refractivity contribution in [2.24, 2.45) is 16.8 Å². The number of hydrogen-bond acceptors (Lipinski definition) is 5. The number of pyridine rings is 1. The molecule has 0 fully saturated rings. The maximum absolute atomic E-state index is 8.87. The molecule has 5 N–H and O–H groups in total. The second-order valence-electron chi connectivity index (χ2n) is 3.95. The Labute approximate surface area is 100 Å². The van der Waals surface area contributed by atoms with Gasteiger partial charge in [0.15, 0.2) is 5.84 Å². The Balaban J connectivity index is 2.54. The summed E-state index contributed by atoms with van der Waals surface area (Å²) in [7, 11) is 0. The number of oxime groups is 1. The number of rotatable bonds is 6. The summed E-state index contributed by atoms with van der Waals surface area (Å²) in [6, 6.07) is 3.61. The lowest BCUT2D eigenvalue weighted by Crippen LogP contribution is -2.23. The molecule has 1 unspecified atom stereocenters. The fraction of sp³-hybridized carbons (Fsp3) is 0.455. The molecular weight excluding hydrogens is 220 g/mol. The highest BCUT2D eigenvalue weighted by molar-refractivity contribution is 5.95. The minimum absolute atomic E-state index is 0.00410. The first-order valence-corrected chi connectivity index (χ1v) is 5.41. The summed E-state index contributed by atoms with van der Waals surface area (Å²) in [5.41, 5.74) is 6.88. The molecule has 6 heteroatoms. The number of amidine groups is 1. The second kappa shape index (κ2) is 6.82. The van der Waals surface area contributed by atoms with Crippen LogP contribution in [0.15, 0.2) is 23.5 Å². The molecule has 1 atom stereocenters. The van der Waals surface area contributed by atoms with Crippen molar-refractivity contribution in [3.05, 3.63) is 29.6 Å². The van der Waals surface area contributed by atoms with Crippen LogP contribution in [0.5, 0.6) is 0 Å². The van der Waals surface area contributed by atoms with E-state index in [-0.39, 0.29) is 18.4 Å². The molecule has 0 aliphatic rings. The molecule has 1 rings (SSSR count). The quantitative estimate of drug-likeness (QED) is 0.240. The van der Waals surface area contributed by atoms with Crippen LogP contribution in [0.3, 0.4) is 0 Å². The van der Waals surface area contributed by atoms with Crippen molar-refractivity contribution in [2.45, 2.75) is 13.5 Å². The van der Waals surface area contributed by atoms with E-state index in [1.807, 2.05) is 13.0 Å². The molecule has 1 aromatic heterocycles. The van der Waals surface area contributed by atoms with Gasteiger partial charge >= 0.3 is 0 Å². The predicted molar refractivity (Wildman–Crippen MR) is 64.7 cm³/mol. The lowest BCUT2D eigenvalue weighted by atomic mass is 10.2. The summed E-state index contributed by atoms with van der Waals surface area (Å²) in [5.74, 6) is 0.218. The molecule has 0 radical (unpaired) electrons. The Bertz CT molecular complexity index is 381. The average Bonchev–Trinajstić information content (AvgIpc) is 2.38. The van der Waals surface area contributed by atoms with Gasteiger partial charge in [-0.15, -0.1) is 0 Å². The molecule has 0 amide bonds. The van der Waals surface area contributed by atoms with Crippen LogP contribution in [-0.4, -0.2) is 34.3 Å². The van der Waals surface area contributed by atoms with E-state index >= 15 is 0 Å². The SMILES string of the molecule is CC(CO)CNCc1ccnc(C(N)=NO)c1. The summed E-state index contributed by atoms with van der Waals surface area (Å²) in [6.07, 6.45) is 1.61. The zero-order valence-corrected chi connectivity index (χ0v) is 9.80. The van der Waals surface area contributed by atoms with Crippen LogP contribution in [0.2, 0.25) is 0 Å². The van der Waals surface area contributed by atoms with Crippen LogP contribution in [0.4, 0.5) is 0 Å². The highest BCUT2D eigenvalue weighted by atomic mass is 16.4. The number of hydrogen-bond donors (Lipinski definition) is 4. The molecule has 0 saturated heterocycles. The summed E-state index contributed by atoms with van der Waals surface area (Å²) in [4.78, 5) is 3.99. The van der Waals surface area contributed by atoms with Gasteiger partial charge in [-0.05, 0) is 23.6 Å². The van der Waals surface area contributed by atoms with Gasteiger partial charge in [-0.2, -0.15) is 0 Å². The zero-order valence-electron chi connectivity index (χ0n) is 9.80. The number of aliphatic hydroxyl groups excluding tert-OH is 1. The fourth-order valence-electron chi connectivity index (χ4n) is 1.30. The Kier molecular flexibility index (Phi) is 5.38. The number of nitrogens with two attached hydrogens (primary N) is 1. The van der Waals surface area contributed by atoms with Crippen molar-refractivity contribution in [3.8, 4) is 0 Å². The minimum atomic E-state index is -0.00410. The second-order valence-corrected chi connectivity index (χ2v) is 3.95. The number of aromatic nitrogens is 1. The molecule has 6 nitrogen and oxygen atoms in total. The maximum Gasteiger partial charge on any atom is 0.188 e. The predicted octanol–water partition coefficient (Wildman–Crippen LogP) is -0.106. The smallest absolute Gasteiger partial charge is 0.188 e. The summed E-state index contributed by atoms with van der Waals surface area (Å²) < 4.78 is 0. The highest BCUT2D eigenvalue weighted by Gasteiger charge is 2.03. The summed E-state index contributed by atoms with van der Waals surface area (Å²) in [6.45, 7) is 3.51. The van der Waals surface area contributed by atoms with Crippen LogP contribution in [0, 0.1) is 5.92 Å². The Hall–Kier alpha value is -1.66. The van der Waals surface area contributed by atoms with Crippen molar-refractivity contribution in [3.63, 3.8) is 0 Å². The van der Waals surface area contributed by atoms with Gasteiger partial charge in [0.1, 0.15) is 5.69 Å². The van der Waals surface area contributed by atoms with E-state index in [4.69, 9.17) is 16.0 Å². The van der Waals surface area contributed by atoms with E-state index in [0.717, 1.165) is 12.1 Å². The lowest BCUT2D eigenvalue weighted by Gasteiger charge is -2.09. The number of aliphatic hydroxyl groups is 1. The molecule has 0 bridgehead atoms. The minimum Gasteiger partial charge on any atom is -0.409 e. The van der Waals surface area contributed by atoms with Gasteiger partial charge in [-0.25, -0.2) is 0 Å². The number of nitrogens with one attached hydrogen (secondary N) is 1. The van der Waals surface area contributed by atoms with Gasteiger partial charge in [0.05, 0.1) is 0 Å². The molecule has 0 saturated carbocycles. The van der Waals surface area contributed by atoms with Crippen molar-refractivity contribution in [1.82, 2.24) is 10.3 Å². The normalized spacial score (nSPS) is 13.6. The van der Waals surface area contributed by atoms with Gasteiger partial charge in [-0.1, -0.05) is 12.1 Å². The molecule has 0 spiro atoms. The molecule has 1 heterocycles. The Morgan fingerprint density at radius 2 is 2.41 bits per heavy atom. The van der Waals surface area contributed by atoms with Gasteiger partial charge in [0, 0.05) is 25.9 Å². The molecule has 0 aliphatic heterocycles. The third-order valence-electron chi connectivity index (χ3n) is 2.33. The first-order chi connectivity index (χ1) is 8.17. The first-order valence-electron chi connectivity index (χ1n) is 5.41. The molecule has 0 aliphatic carbocycles. The average molecular weight is 238 g/mol. The van der Waals surface area contributed by atoms with Crippen LogP contribution < -0.4 is 11.1 Å². The van der Waals surface area contributed by atoms with E-state index in [0.29, 0.717) is 12.2 Å². The van der Waals surface area contributed by atoms with Crippen LogP contribution in [0.25, 0.3) is 0 Å². The first kappa shape index (κ1) is 13.4. The third-order valence-corrected chi connectivity index (χ3v) is 2.33. The molecule has 0 aromatic carbocycles.